The van der Waals surface area contributed by atoms with Crippen molar-refractivity contribution >= 4 is 11.6 Å². The zero-order chi connectivity index (χ0) is 15.9. The Hall–Kier alpha value is -2.76. The number of nitrogen functional groups attached to an aromatic ring is 1. The van der Waals surface area contributed by atoms with Crippen LogP contribution in [-0.2, 0) is 17.8 Å². The fourth-order valence-electron chi connectivity index (χ4n) is 1.98. The van der Waals surface area contributed by atoms with Crippen LogP contribution in [0.15, 0.2) is 36.5 Å². The molecule has 0 fully saturated rings. The van der Waals surface area contributed by atoms with Crippen molar-refractivity contribution in [3.8, 4) is 11.5 Å². The fourth-order valence-corrected chi connectivity index (χ4v) is 1.98. The normalized spacial score (nSPS) is 10.1. The third-order valence-electron chi connectivity index (χ3n) is 3.15. The molecule has 0 saturated heterocycles. The molecule has 0 aliphatic rings. The molecule has 0 bridgehead atoms. The predicted molar refractivity (Wildman–Crippen MR) is 83.7 cm³/mol. The third-order valence-corrected chi connectivity index (χ3v) is 3.15. The van der Waals surface area contributed by atoms with Crippen molar-refractivity contribution in [2.45, 2.75) is 13.0 Å². The summed E-state index contributed by atoms with van der Waals surface area (Å²) in [5.41, 5.74) is 7.66. The van der Waals surface area contributed by atoms with Gasteiger partial charge in [-0.25, -0.2) is 0 Å². The van der Waals surface area contributed by atoms with Crippen LogP contribution in [-0.4, -0.2) is 25.1 Å². The lowest BCUT2D eigenvalue weighted by Crippen LogP contribution is -2.25. The van der Waals surface area contributed by atoms with Gasteiger partial charge >= 0.3 is 0 Å². The highest BCUT2D eigenvalue weighted by Crippen LogP contribution is 2.23. The van der Waals surface area contributed by atoms with Gasteiger partial charge in [0.15, 0.2) is 0 Å². The quantitative estimate of drug-likeness (QED) is 0.845. The first kappa shape index (κ1) is 15.6. The summed E-state index contributed by atoms with van der Waals surface area (Å²) < 4.78 is 10.5. The van der Waals surface area contributed by atoms with E-state index in [9.17, 15) is 4.79 Å². The van der Waals surface area contributed by atoms with Gasteiger partial charge in [0.05, 0.1) is 32.5 Å². The lowest BCUT2D eigenvalue weighted by atomic mass is 10.1. The minimum atomic E-state index is -0.123. The van der Waals surface area contributed by atoms with E-state index in [1.807, 2.05) is 18.2 Å². The van der Waals surface area contributed by atoms with Crippen molar-refractivity contribution in [1.82, 2.24) is 10.3 Å². The highest BCUT2D eigenvalue weighted by molar-refractivity contribution is 5.78. The molecule has 1 heterocycles. The van der Waals surface area contributed by atoms with E-state index in [0.717, 1.165) is 5.56 Å². The minimum Gasteiger partial charge on any atom is -0.497 e. The Morgan fingerprint density at radius 3 is 2.68 bits per heavy atom. The van der Waals surface area contributed by atoms with Crippen LogP contribution in [0, 0.1) is 0 Å². The molecule has 3 N–H and O–H groups in total. The molecule has 2 aromatic rings. The number of hydrogen-bond donors (Lipinski definition) is 2. The number of aromatic nitrogens is 1. The molecular formula is C16H19N3O3. The molecule has 1 amide bonds. The lowest BCUT2D eigenvalue weighted by Gasteiger charge is -2.11. The molecule has 1 aromatic carbocycles. The summed E-state index contributed by atoms with van der Waals surface area (Å²) in [5.74, 6) is 1.29. The van der Waals surface area contributed by atoms with Gasteiger partial charge in [-0.2, -0.15) is 0 Å². The summed E-state index contributed by atoms with van der Waals surface area (Å²) in [5, 5.41) is 2.84. The van der Waals surface area contributed by atoms with Gasteiger partial charge in [-0.05, 0) is 30.3 Å². The predicted octanol–water partition coefficient (Wildman–Crippen LogP) is 1.54. The van der Waals surface area contributed by atoms with Crippen molar-refractivity contribution in [3.05, 3.63) is 47.8 Å². The van der Waals surface area contributed by atoms with Gasteiger partial charge in [0.1, 0.15) is 11.5 Å². The van der Waals surface area contributed by atoms with Crippen LogP contribution in [0.2, 0.25) is 0 Å². The number of nitrogens with two attached hydrogens (primary N) is 1. The summed E-state index contributed by atoms with van der Waals surface area (Å²) in [6.07, 6.45) is 1.74. The third kappa shape index (κ3) is 4.12. The van der Waals surface area contributed by atoms with Crippen LogP contribution in [0.4, 0.5) is 5.69 Å². The standard InChI is InChI=1S/C16H19N3O3/c1-21-14-5-6-15(22-2)11(7-14)9-19-16(20)8-13-4-3-12(17)10-18-13/h3-7,10H,8-9,17H2,1-2H3,(H,19,20). The van der Waals surface area contributed by atoms with Crippen molar-refractivity contribution < 1.29 is 14.3 Å². The molecule has 0 aliphatic carbocycles. The van der Waals surface area contributed by atoms with E-state index in [4.69, 9.17) is 15.2 Å². The van der Waals surface area contributed by atoms with Gasteiger partial charge in [-0.15, -0.1) is 0 Å². The summed E-state index contributed by atoms with van der Waals surface area (Å²) in [6, 6.07) is 8.91. The molecule has 0 atom stereocenters. The smallest absolute Gasteiger partial charge is 0.226 e. The molecule has 6 nitrogen and oxygen atoms in total. The minimum absolute atomic E-state index is 0.123. The second-order valence-corrected chi connectivity index (χ2v) is 4.71. The number of hydrogen-bond acceptors (Lipinski definition) is 5. The maximum atomic E-state index is 12.0. The van der Waals surface area contributed by atoms with E-state index in [1.165, 1.54) is 6.20 Å². The van der Waals surface area contributed by atoms with Gasteiger partial charge in [0.25, 0.3) is 0 Å². The number of ether oxygens (including phenoxy) is 2. The molecule has 0 unspecified atom stereocenters. The van der Waals surface area contributed by atoms with Crippen LogP contribution in [0.25, 0.3) is 0 Å². The van der Waals surface area contributed by atoms with E-state index in [2.05, 4.69) is 10.3 Å². The highest BCUT2D eigenvalue weighted by Gasteiger charge is 2.08. The molecule has 0 radical (unpaired) electrons. The lowest BCUT2D eigenvalue weighted by molar-refractivity contribution is -0.120. The van der Waals surface area contributed by atoms with Crippen molar-refractivity contribution in [3.63, 3.8) is 0 Å². The van der Waals surface area contributed by atoms with Crippen LogP contribution in [0.1, 0.15) is 11.3 Å². The van der Waals surface area contributed by atoms with Crippen molar-refractivity contribution in [2.75, 3.05) is 20.0 Å². The van der Waals surface area contributed by atoms with Gasteiger partial charge in [-0.1, -0.05) is 0 Å². The Kier molecular flexibility index (Phi) is 5.19. The average molecular weight is 301 g/mol. The summed E-state index contributed by atoms with van der Waals surface area (Å²) in [6.45, 7) is 0.355. The Bertz CT molecular complexity index is 642. The van der Waals surface area contributed by atoms with Gasteiger partial charge < -0.3 is 20.5 Å². The monoisotopic (exact) mass is 301 g/mol. The number of amides is 1. The maximum Gasteiger partial charge on any atom is 0.226 e. The number of pyridine rings is 1. The molecule has 1 aromatic heterocycles. The van der Waals surface area contributed by atoms with Crippen LogP contribution in [0.5, 0.6) is 11.5 Å². The maximum absolute atomic E-state index is 12.0. The van der Waals surface area contributed by atoms with Gasteiger partial charge in [0, 0.05) is 17.8 Å². The van der Waals surface area contributed by atoms with E-state index in [1.54, 1.807) is 26.4 Å². The second-order valence-electron chi connectivity index (χ2n) is 4.71. The first-order valence-corrected chi connectivity index (χ1v) is 6.80. The largest absolute Gasteiger partial charge is 0.497 e. The number of nitrogens with zero attached hydrogens (tertiary/aromatic N) is 1. The number of methoxy groups -OCH3 is 2. The molecule has 6 heteroatoms. The van der Waals surface area contributed by atoms with E-state index < -0.39 is 0 Å². The first-order chi connectivity index (χ1) is 10.6. The van der Waals surface area contributed by atoms with E-state index in [0.29, 0.717) is 29.4 Å². The Balaban J connectivity index is 1.97. The van der Waals surface area contributed by atoms with Gasteiger partial charge in [0.2, 0.25) is 5.91 Å². The molecule has 116 valence electrons. The van der Waals surface area contributed by atoms with E-state index in [-0.39, 0.29) is 12.3 Å². The zero-order valence-electron chi connectivity index (χ0n) is 12.6. The zero-order valence-corrected chi connectivity index (χ0v) is 12.6. The number of carbonyl (C=O) groups is 1. The average Bonchev–Trinajstić information content (AvgIpc) is 2.54. The summed E-state index contributed by atoms with van der Waals surface area (Å²) in [4.78, 5) is 16.1. The number of nitrogens with one attached hydrogen (secondary N) is 1. The first-order valence-electron chi connectivity index (χ1n) is 6.80. The van der Waals surface area contributed by atoms with E-state index >= 15 is 0 Å². The van der Waals surface area contributed by atoms with Crippen molar-refractivity contribution in [1.29, 1.82) is 0 Å². The summed E-state index contributed by atoms with van der Waals surface area (Å²) >= 11 is 0. The number of carbonyl (C=O) groups excluding carboxylic acids is 1. The molecular weight excluding hydrogens is 282 g/mol. The number of benzene rings is 1. The topological polar surface area (TPSA) is 86.5 Å². The Morgan fingerprint density at radius 1 is 1.23 bits per heavy atom. The van der Waals surface area contributed by atoms with Crippen LogP contribution in [0.3, 0.4) is 0 Å². The number of anilines is 1. The fraction of sp³-hybridized carbons (Fsp3) is 0.250. The Morgan fingerprint density at radius 2 is 2.05 bits per heavy atom. The summed E-state index contributed by atoms with van der Waals surface area (Å²) in [7, 11) is 3.18. The molecule has 0 aliphatic heterocycles. The van der Waals surface area contributed by atoms with Crippen LogP contribution >= 0.6 is 0 Å². The highest BCUT2D eigenvalue weighted by atomic mass is 16.5. The molecule has 0 spiro atoms. The number of rotatable bonds is 6. The second kappa shape index (κ2) is 7.31. The van der Waals surface area contributed by atoms with Crippen LogP contribution < -0.4 is 20.5 Å². The molecule has 2 rings (SSSR count). The molecule has 22 heavy (non-hydrogen) atoms. The van der Waals surface area contributed by atoms with Crippen molar-refractivity contribution in [2.24, 2.45) is 0 Å². The SMILES string of the molecule is COc1ccc(OC)c(CNC(=O)Cc2ccc(N)cn2)c1. The molecule has 0 saturated carbocycles. The Labute approximate surface area is 129 Å². The van der Waals surface area contributed by atoms with Gasteiger partial charge in [-0.3, -0.25) is 9.78 Å².